The molecule has 30 heavy (non-hydrogen) atoms. The molecule has 1 unspecified atom stereocenters. The molecule has 1 aromatic carbocycles. The molecule has 0 fully saturated rings. The average Bonchev–Trinajstić information content (AvgIpc) is 2.67. The second-order valence-corrected chi connectivity index (χ2v) is 7.68. The Bertz CT molecular complexity index is 1020. The number of hydrogen-bond donors (Lipinski definition) is 1. The first-order chi connectivity index (χ1) is 13.9. The normalized spacial score (nSPS) is 12.7. The van der Waals surface area contributed by atoms with Crippen LogP contribution in [0.5, 0.6) is 5.88 Å². The van der Waals surface area contributed by atoms with E-state index in [2.05, 4.69) is 9.17 Å². The highest BCUT2D eigenvalue weighted by Crippen LogP contribution is 2.36. The van der Waals surface area contributed by atoms with Crippen LogP contribution >= 0.6 is 0 Å². The lowest BCUT2D eigenvalue weighted by atomic mass is 9.86. The number of pyridine rings is 1. The Kier molecular flexibility index (Phi) is 6.72. The minimum atomic E-state index is -5.19. The number of nitrogens with two attached hydrogens (primary N) is 1. The first-order valence-electron chi connectivity index (χ1n) is 8.57. The van der Waals surface area contributed by atoms with E-state index in [9.17, 15) is 27.4 Å². The zero-order chi connectivity index (χ0) is 22.7. The Morgan fingerprint density at radius 2 is 1.87 bits per heavy atom. The second-order valence-electron chi connectivity index (χ2n) is 6.58. The molecule has 0 aliphatic heterocycles. The lowest BCUT2D eigenvalue weighted by Crippen LogP contribution is -2.32. The van der Waals surface area contributed by atoms with Gasteiger partial charge in [-0.2, -0.15) is 18.4 Å². The van der Waals surface area contributed by atoms with Crippen LogP contribution in [0.4, 0.5) is 18.9 Å². The maximum atomic E-state index is 12.8. The van der Waals surface area contributed by atoms with E-state index in [0.29, 0.717) is 11.3 Å². The number of ether oxygens (including phenoxy) is 1. The van der Waals surface area contributed by atoms with Gasteiger partial charge in [0.2, 0.25) is 5.88 Å². The molecule has 1 atom stereocenters. The van der Waals surface area contributed by atoms with Crippen molar-refractivity contribution in [2.24, 2.45) is 0 Å². The number of nitrogens with zero attached hydrogens (tertiary/aromatic N) is 2. The van der Waals surface area contributed by atoms with Crippen molar-refractivity contribution in [3.05, 3.63) is 41.6 Å². The Balaban J connectivity index is 2.75. The van der Waals surface area contributed by atoms with Crippen molar-refractivity contribution in [3.63, 3.8) is 0 Å². The minimum Gasteiger partial charge on any atom is -0.465 e. The molecule has 1 heterocycles. The zero-order valence-electron chi connectivity index (χ0n) is 16.2. The molecule has 0 bridgehead atoms. The summed E-state index contributed by atoms with van der Waals surface area (Å²) in [6.07, 6.45) is 0. The standard InChI is InChI=1S/C19H18F3N3O4S/c1-4-28-17(26)18(2,3)15-9-13(11-5-7-12(24)8-6-11)14(10-23)16(25-15)29-30(27)19(20,21)22/h5-9H,4,24H2,1-3H3. The first-order valence-corrected chi connectivity index (χ1v) is 9.65. The maximum absolute atomic E-state index is 12.8. The first kappa shape index (κ1) is 23.2. The Morgan fingerprint density at radius 1 is 1.27 bits per heavy atom. The fourth-order valence-corrected chi connectivity index (χ4v) is 2.79. The van der Waals surface area contributed by atoms with Crippen molar-refractivity contribution in [1.29, 1.82) is 5.26 Å². The molecular formula is C19H18F3N3O4S. The summed E-state index contributed by atoms with van der Waals surface area (Å²) in [6.45, 7) is 4.58. The number of hydrogen-bond acceptors (Lipinski definition) is 7. The van der Waals surface area contributed by atoms with E-state index in [1.807, 2.05) is 0 Å². The number of halogens is 3. The van der Waals surface area contributed by atoms with Crippen LogP contribution in [0.25, 0.3) is 11.1 Å². The Hall–Kier alpha value is -3.13. The summed E-state index contributed by atoms with van der Waals surface area (Å²) in [7, 11) is 0. The third kappa shape index (κ3) is 4.88. The van der Waals surface area contributed by atoms with Crippen LogP contribution in [0.15, 0.2) is 30.3 Å². The molecule has 0 saturated heterocycles. The van der Waals surface area contributed by atoms with Crippen LogP contribution in [0, 0.1) is 11.3 Å². The monoisotopic (exact) mass is 441 g/mol. The van der Waals surface area contributed by atoms with Crippen molar-refractivity contribution >= 4 is 22.7 Å². The third-order valence-electron chi connectivity index (χ3n) is 4.09. The molecule has 0 spiro atoms. The number of esters is 1. The fraction of sp³-hybridized carbons (Fsp3) is 0.316. The highest BCUT2D eigenvalue weighted by atomic mass is 32.2. The van der Waals surface area contributed by atoms with Crippen molar-refractivity contribution in [2.45, 2.75) is 31.7 Å². The van der Waals surface area contributed by atoms with E-state index in [4.69, 9.17) is 10.5 Å². The smallest absolute Gasteiger partial charge is 0.465 e. The van der Waals surface area contributed by atoms with Crippen LogP contribution < -0.4 is 9.92 Å². The number of carbonyl (C=O) groups excluding carboxylic acids is 1. The van der Waals surface area contributed by atoms with E-state index in [1.165, 1.54) is 44.2 Å². The number of nitriles is 1. The highest BCUT2D eigenvalue weighted by molar-refractivity contribution is 7.81. The number of rotatable bonds is 6. The minimum absolute atomic E-state index is 0.0269. The van der Waals surface area contributed by atoms with Crippen molar-refractivity contribution < 1.29 is 31.1 Å². The van der Waals surface area contributed by atoms with E-state index in [-0.39, 0.29) is 23.4 Å². The van der Waals surface area contributed by atoms with Gasteiger partial charge >= 0.3 is 22.6 Å². The lowest BCUT2D eigenvalue weighted by molar-refractivity contribution is -0.148. The molecule has 2 N–H and O–H groups in total. The summed E-state index contributed by atoms with van der Waals surface area (Å²) in [5.41, 5.74) is -0.362. The van der Waals surface area contributed by atoms with Crippen LogP contribution in [0.3, 0.4) is 0 Å². The number of anilines is 1. The van der Waals surface area contributed by atoms with Crippen molar-refractivity contribution in [1.82, 2.24) is 4.98 Å². The van der Waals surface area contributed by atoms with Gasteiger partial charge in [0.1, 0.15) is 17.0 Å². The number of benzene rings is 1. The number of carbonyl (C=O) groups is 1. The second kappa shape index (κ2) is 8.71. The van der Waals surface area contributed by atoms with Gasteiger partial charge in [0.15, 0.2) is 0 Å². The summed E-state index contributed by atoms with van der Waals surface area (Å²) in [5, 5.41) is 9.55. The molecule has 0 aliphatic carbocycles. The van der Waals surface area contributed by atoms with Crippen LogP contribution in [0.1, 0.15) is 32.0 Å². The number of aromatic nitrogens is 1. The molecule has 0 radical (unpaired) electrons. The molecule has 2 rings (SSSR count). The van der Waals surface area contributed by atoms with Gasteiger partial charge in [-0.3, -0.25) is 4.79 Å². The van der Waals surface area contributed by atoms with Crippen LogP contribution in [-0.2, 0) is 26.0 Å². The van der Waals surface area contributed by atoms with Gasteiger partial charge in [0.05, 0.1) is 12.3 Å². The number of alkyl halides is 3. The highest BCUT2D eigenvalue weighted by Gasteiger charge is 2.42. The van der Waals surface area contributed by atoms with Gasteiger partial charge in [0, 0.05) is 11.3 Å². The van der Waals surface area contributed by atoms with E-state index >= 15 is 0 Å². The molecule has 0 saturated carbocycles. The maximum Gasteiger partial charge on any atom is 0.508 e. The quantitative estimate of drug-likeness (QED) is 0.538. The molecule has 11 heteroatoms. The molecular weight excluding hydrogens is 423 g/mol. The molecule has 0 aliphatic rings. The summed E-state index contributed by atoms with van der Waals surface area (Å²) >= 11 is -3.77. The van der Waals surface area contributed by atoms with Crippen molar-refractivity contribution in [3.8, 4) is 23.1 Å². The van der Waals surface area contributed by atoms with Gasteiger partial charge < -0.3 is 14.7 Å². The van der Waals surface area contributed by atoms with Gasteiger partial charge in [0.25, 0.3) is 0 Å². The lowest BCUT2D eigenvalue weighted by Gasteiger charge is -2.23. The molecule has 0 amide bonds. The fourth-order valence-electron chi connectivity index (χ4n) is 2.44. The Labute approximate surface area is 173 Å². The van der Waals surface area contributed by atoms with Gasteiger partial charge in [-0.1, -0.05) is 12.1 Å². The van der Waals surface area contributed by atoms with Gasteiger partial charge in [-0.05, 0) is 44.5 Å². The third-order valence-corrected chi connectivity index (χ3v) is 4.78. The summed E-state index contributed by atoms with van der Waals surface area (Å²) in [4.78, 5) is 16.3. The summed E-state index contributed by atoms with van der Waals surface area (Å²) in [5.74, 6) is -1.50. The average molecular weight is 441 g/mol. The summed E-state index contributed by atoms with van der Waals surface area (Å²) < 4.78 is 59.3. The number of nitrogen functional groups attached to an aromatic ring is 1. The van der Waals surface area contributed by atoms with Gasteiger partial charge in [-0.15, -0.1) is 0 Å². The molecule has 7 nitrogen and oxygen atoms in total. The molecule has 160 valence electrons. The molecule has 1 aromatic heterocycles. The zero-order valence-corrected chi connectivity index (χ0v) is 17.1. The summed E-state index contributed by atoms with van der Waals surface area (Å²) in [6, 6.07) is 9.25. The van der Waals surface area contributed by atoms with E-state index < -0.39 is 33.9 Å². The SMILES string of the molecule is CCOC(=O)C(C)(C)c1cc(-c2ccc(N)cc2)c(C#N)c(OS(=O)C(F)(F)F)n1. The predicted octanol–water partition coefficient (Wildman–Crippen LogP) is 3.61. The van der Waals surface area contributed by atoms with Crippen LogP contribution in [0.2, 0.25) is 0 Å². The molecule has 2 aromatic rings. The predicted molar refractivity (Wildman–Crippen MR) is 103 cm³/mol. The Morgan fingerprint density at radius 3 is 2.37 bits per heavy atom. The van der Waals surface area contributed by atoms with Crippen molar-refractivity contribution in [2.75, 3.05) is 12.3 Å². The largest absolute Gasteiger partial charge is 0.508 e. The van der Waals surface area contributed by atoms with E-state index in [0.717, 1.165) is 0 Å². The van der Waals surface area contributed by atoms with Crippen LogP contribution in [-0.4, -0.2) is 27.3 Å². The topological polar surface area (TPSA) is 115 Å². The van der Waals surface area contributed by atoms with Gasteiger partial charge in [-0.25, -0.2) is 9.19 Å². The van der Waals surface area contributed by atoms with E-state index in [1.54, 1.807) is 13.0 Å².